The van der Waals surface area contributed by atoms with Crippen LogP contribution in [0.25, 0.3) is 0 Å². The number of hydrogen-bond acceptors (Lipinski definition) is 15. The average Bonchev–Trinajstić information content (AvgIpc) is 0.924. The first-order valence-electron chi connectivity index (χ1n) is 39.4. The highest BCUT2D eigenvalue weighted by Gasteiger charge is 2.30. The Morgan fingerprint density at radius 3 is 0.863 bits per heavy atom. The van der Waals surface area contributed by atoms with Crippen LogP contribution in [0.15, 0.2) is 134 Å². The van der Waals surface area contributed by atoms with Gasteiger partial charge in [-0.25, -0.2) is 9.13 Å². The smallest absolute Gasteiger partial charge is 0.462 e. The van der Waals surface area contributed by atoms with Crippen molar-refractivity contribution < 1.29 is 80.2 Å². The van der Waals surface area contributed by atoms with Crippen LogP contribution < -0.4 is 0 Å². The van der Waals surface area contributed by atoms with E-state index in [0.717, 1.165) is 154 Å². The Morgan fingerprint density at radius 1 is 0.284 bits per heavy atom. The second-order valence-electron chi connectivity index (χ2n) is 25.9. The van der Waals surface area contributed by atoms with Crippen molar-refractivity contribution in [1.29, 1.82) is 0 Å². The molecule has 584 valence electrons. The lowest BCUT2D eigenvalue weighted by atomic mass is 10.0. The van der Waals surface area contributed by atoms with Crippen LogP contribution in [0.2, 0.25) is 0 Å². The van der Waals surface area contributed by atoms with Gasteiger partial charge in [-0.05, 0) is 128 Å². The Bertz CT molecular complexity index is 2460. The van der Waals surface area contributed by atoms with Crippen molar-refractivity contribution in [2.24, 2.45) is 0 Å². The fourth-order valence-electron chi connectivity index (χ4n) is 10.2. The summed E-state index contributed by atoms with van der Waals surface area (Å²) >= 11 is 0. The standard InChI is InChI=1S/C83H140O17P2/c1-5-9-13-17-21-25-29-33-36-37-38-39-42-45-48-52-56-60-64-68-81(86)94-74-79(100-83(88)70-66-62-58-54-50-46-41-35-31-27-23-19-15-11-7-3)76-98-102(91,92)96-72-77(84)71-95-101(89,90)97-75-78(99-82(87)69-65-61-57-53-49-43-32-28-24-20-16-12-8-4)73-93-80(85)67-63-59-55-51-47-44-40-34-30-26-22-18-14-10-6-2/h9-10,13-14,21-23,25-27,33-36,38-41,45,48,56,60,77-79,84H,5-8,11-12,15-20,24,28-32,37,42-44,46-47,49-55,57-59,61-76H2,1-4H3,(H,89,90)(H,91,92)/b13-9-,14-10-,25-21-,26-22-,27-23-,36-33-,39-38-,40-34-,41-35-,48-45-,60-56-. The Balaban J connectivity index is 5.43. The van der Waals surface area contributed by atoms with E-state index in [1.165, 1.54) is 70.6 Å². The number of aliphatic hydroxyl groups excluding tert-OH is 1. The molecule has 0 aromatic heterocycles. The summed E-state index contributed by atoms with van der Waals surface area (Å²) in [5.41, 5.74) is 0. The SMILES string of the molecule is CC/C=C\C/C=C\C/C=C\C/C=C\C/C=C\C/C=C\CCC(=O)OCC(COP(=O)(O)OCC(O)COP(=O)(O)OCC(COC(=O)CCCCCCC/C=C\C/C=C\C/C=C\CC)OC(=O)CCCCCCCCCCCCCCC)OC(=O)CCCCCCC/C=C\C/C=C\CCCCC. The minimum Gasteiger partial charge on any atom is -0.462 e. The maximum Gasteiger partial charge on any atom is 0.472 e. The van der Waals surface area contributed by atoms with Crippen LogP contribution in [0.5, 0.6) is 0 Å². The second-order valence-corrected chi connectivity index (χ2v) is 28.8. The monoisotopic (exact) mass is 1470 g/mol. The fraction of sp³-hybridized carbons (Fsp3) is 0.687. The van der Waals surface area contributed by atoms with Gasteiger partial charge in [0.1, 0.15) is 19.3 Å². The number of ether oxygens (including phenoxy) is 4. The van der Waals surface area contributed by atoms with E-state index in [4.69, 9.17) is 37.0 Å². The highest BCUT2D eigenvalue weighted by Crippen LogP contribution is 2.45. The molecule has 5 atom stereocenters. The van der Waals surface area contributed by atoms with E-state index in [-0.39, 0.29) is 25.7 Å². The number of aliphatic hydroxyl groups is 1. The third-order valence-corrected chi connectivity index (χ3v) is 18.0. The number of carbonyl (C=O) groups is 4. The highest BCUT2D eigenvalue weighted by atomic mass is 31.2. The molecular formula is C83H140O17P2. The number of phosphoric ester groups is 2. The second kappa shape index (κ2) is 74.5. The minimum absolute atomic E-state index is 0.0303. The summed E-state index contributed by atoms with van der Waals surface area (Å²) in [5.74, 6) is -2.30. The molecular weight excluding hydrogens is 1330 g/mol. The topological polar surface area (TPSA) is 237 Å². The molecule has 0 aliphatic carbocycles. The molecule has 0 heterocycles. The average molecular weight is 1470 g/mol. The lowest BCUT2D eigenvalue weighted by Crippen LogP contribution is -2.30. The largest absolute Gasteiger partial charge is 0.472 e. The van der Waals surface area contributed by atoms with E-state index in [9.17, 15) is 43.2 Å². The maximum absolute atomic E-state index is 13.1. The summed E-state index contributed by atoms with van der Waals surface area (Å²) in [4.78, 5) is 72.9. The first-order chi connectivity index (χ1) is 49.7. The van der Waals surface area contributed by atoms with Gasteiger partial charge in [0.25, 0.3) is 0 Å². The predicted molar refractivity (Wildman–Crippen MR) is 418 cm³/mol. The molecule has 5 unspecified atom stereocenters. The van der Waals surface area contributed by atoms with Gasteiger partial charge in [-0.15, -0.1) is 0 Å². The normalized spacial score (nSPS) is 14.6. The zero-order valence-electron chi connectivity index (χ0n) is 63.7. The molecule has 0 spiro atoms. The quantitative estimate of drug-likeness (QED) is 0.0169. The zero-order chi connectivity index (χ0) is 74.6. The van der Waals surface area contributed by atoms with E-state index in [1.807, 2.05) is 18.2 Å². The van der Waals surface area contributed by atoms with Crippen LogP contribution in [0.1, 0.15) is 310 Å². The maximum atomic E-state index is 13.1. The molecule has 0 radical (unpaired) electrons. The zero-order valence-corrected chi connectivity index (χ0v) is 65.5. The summed E-state index contributed by atoms with van der Waals surface area (Å²) in [6.07, 6.45) is 83.0. The Hall–Kier alpha value is -4.80. The van der Waals surface area contributed by atoms with Crippen LogP contribution in [-0.2, 0) is 65.4 Å². The lowest BCUT2D eigenvalue weighted by Gasteiger charge is -2.21. The first-order valence-corrected chi connectivity index (χ1v) is 42.4. The summed E-state index contributed by atoms with van der Waals surface area (Å²) in [5, 5.41) is 10.6. The van der Waals surface area contributed by atoms with Gasteiger partial charge >= 0.3 is 39.5 Å². The van der Waals surface area contributed by atoms with Crippen LogP contribution in [0.4, 0.5) is 0 Å². The number of phosphoric acid groups is 2. The van der Waals surface area contributed by atoms with Crippen molar-refractivity contribution in [3.63, 3.8) is 0 Å². The molecule has 102 heavy (non-hydrogen) atoms. The molecule has 17 nitrogen and oxygen atoms in total. The molecule has 0 saturated heterocycles. The third-order valence-electron chi connectivity index (χ3n) is 16.1. The van der Waals surface area contributed by atoms with Gasteiger partial charge in [0.05, 0.1) is 26.4 Å². The molecule has 0 aliphatic heterocycles. The molecule has 0 rings (SSSR count). The summed E-state index contributed by atoms with van der Waals surface area (Å²) in [6, 6.07) is 0. The van der Waals surface area contributed by atoms with Crippen LogP contribution in [-0.4, -0.2) is 96.7 Å². The van der Waals surface area contributed by atoms with Gasteiger partial charge in [-0.3, -0.25) is 37.3 Å². The Morgan fingerprint density at radius 2 is 0.529 bits per heavy atom. The van der Waals surface area contributed by atoms with Gasteiger partial charge in [0.2, 0.25) is 0 Å². The minimum atomic E-state index is -5.00. The Kier molecular flexibility index (Phi) is 71.0. The number of rotatable bonds is 73. The Labute approximate surface area is 618 Å². The van der Waals surface area contributed by atoms with Crippen molar-refractivity contribution in [2.45, 2.75) is 329 Å². The van der Waals surface area contributed by atoms with Gasteiger partial charge in [-0.1, -0.05) is 290 Å². The van der Waals surface area contributed by atoms with Gasteiger partial charge in [0, 0.05) is 25.7 Å². The van der Waals surface area contributed by atoms with Gasteiger partial charge in [0.15, 0.2) is 12.2 Å². The van der Waals surface area contributed by atoms with Crippen molar-refractivity contribution in [1.82, 2.24) is 0 Å². The number of unbranched alkanes of at least 4 members (excludes halogenated alkanes) is 25. The number of carbonyl (C=O) groups excluding carboxylic acids is 4. The molecule has 0 aliphatic rings. The number of hydrogen-bond donors (Lipinski definition) is 3. The van der Waals surface area contributed by atoms with E-state index in [2.05, 4.69) is 143 Å². The van der Waals surface area contributed by atoms with Crippen LogP contribution >= 0.6 is 15.6 Å². The lowest BCUT2D eigenvalue weighted by molar-refractivity contribution is -0.161. The van der Waals surface area contributed by atoms with Crippen LogP contribution in [0.3, 0.4) is 0 Å². The molecule has 0 amide bonds. The molecule has 0 fully saturated rings. The summed E-state index contributed by atoms with van der Waals surface area (Å²) in [7, 11) is -9.98. The summed E-state index contributed by atoms with van der Waals surface area (Å²) in [6.45, 7) is 4.51. The molecule has 0 saturated carbocycles. The molecule has 0 bridgehead atoms. The number of esters is 4. The van der Waals surface area contributed by atoms with E-state index in [0.29, 0.717) is 32.1 Å². The van der Waals surface area contributed by atoms with Gasteiger partial charge < -0.3 is 33.8 Å². The first kappa shape index (κ1) is 97.2. The fourth-order valence-corrected chi connectivity index (χ4v) is 11.8. The van der Waals surface area contributed by atoms with Crippen molar-refractivity contribution in [3.8, 4) is 0 Å². The molecule has 19 heteroatoms. The third kappa shape index (κ3) is 73.5. The van der Waals surface area contributed by atoms with E-state index in [1.54, 1.807) is 0 Å². The number of allylic oxidation sites excluding steroid dienone is 22. The van der Waals surface area contributed by atoms with Crippen LogP contribution in [0, 0.1) is 0 Å². The predicted octanol–water partition coefficient (Wildman–Crippen LogP) is 22.9. The van der Waals surface area contributed by atoms with Gasteiger partial charge in [-0.2, -0.15) is 0 Å². The van der Waals surface area contributed by atoms with E-state index >= 15 is 0 Å². The molecule has 0 aromatic carbocycles. The molecule has 0 aromatic rings. The van der Waals surface area contributed by atoms with Crippen molar-refractivity contribution >= 4 is 39.5 Å². The van der Waals surface area contributed by atoms with E-state index < -0.39 is 97.5 Å². The van der Waals surface area contributed by atoms with Crippen molar-refractivity contribution in [3.05, 3.63) is 134 Å². The van der Waals surface area contributed by atoms with Crippen molar-refractivity contribution in [2.75, 3.05) is 39.6 Å². The summed E-state index contributed by atoms with van der Waals surface area (Å²) < 4.78 is 68.5. The molecule has 3 N–H and O–H groups in total. The highest BCUT2D eigenvalue weighted by molar-refractivity contribution is 7.47.